The van der Waals surface area contributed by atoms with E-state index in [1.807, 2.05) is 61.5 Å². The molecule has 1 atom stereocenters. The maximum Gasteiger partial charge on any atom is 0.410 e. The highest BCUT2D eigenvalue weighted by molar-refractivity contribution is 5.78. The number of hydrogen-bond acceptors (Lipinski definition) is 3. The second kappa shape index (κ2) is 7.83. The lowest BCUT2D eigenvalue weighted by Crippen LogP contribution is -2.36. The fourth-order valence-corrected chi connectivity index (χ4v) is 2.93. The van der Waals surface area contributed by atoms with Crippen molar-refractivity contribution in [2.75, 3.05) is 19.6 Å². The second-order valence-corrected chi connectivity index (χ2v) is 6.24. The molecule has 2 aromatic carbocycles. The minimum Gasteiger partial charge on any atom is -0.439 e. The molecule has 5 heteroatoms. The lowest BCUT2D eigenvalue weighted by molar-refractivity contribution is -0.120. The average molecular weight is 338 g/mol. The molecule has 0 aliphatic carbocycles. The maximum absolute atomic E-state index is 12.0. The molecule has 2 aromatic rings. The van der Waals surface area contributed by atoms with Gasteiger partial charge in [-0.15, -0.1) is 0 Å². The number of aryl methyl sites for hydroxylation is 1. The number of hydrogen-bond donors (Lipinski definition) is 1. The summed E-state index contributed by atoms with van der Waals surface area (Å²) in [6.07, 6.45) is -0.225. The van der Waals surface area contributed by atoms with Gasteiger partial charge in [-0.3, -0.25) is 4.79 Å². The van der Waals surface area contributed by atoms with Crippen molar-refractivity contribution in [2.24, 2.45) is 0 Å². The largest absolute Gasteiger partial charge is 0.439 e. The van der Waals surface area contributed by atoms with Crippen LogP contribution in [0.4, 0.5) is 4.79 Å². The van der Waals surface area contributed by atoms with Crippen LogP contribution < -0.4 is 5.32 Å². The number of nitrogens with one attached hydrogen (secondary N) is 1. The zero-order valence-electron chi connectivity index (χ0n) is 14.3. The molecule has 1 unspecified atom stereocenters. The summed E-state index contributed by atoms with van der Waals surface area (Å²) in [6.45, 7) is 3.38. The van der Waals surface area contributed by atoms with Gasteiger partial charge in [0.1, 0.15) is 6.10 Å². The molecule has 0 saturated carbocycles. The summed E-state index contributed by atoms with van der Waals surface area (Å²) in [5.74, 6) is -0.0437. The highest BCUT2D eigenvalue weighted by Gasteiger charge is 2.31. The van der Waals surface area contributed by atoms with Gasteiger partial charge < -0.3 is 15.0 Å². The number of nitrogens with zero attached hydrogens (tertiary/aromatic N) is 1. The number of carbonyl (C=O) groups is 2. The van der Waals surface area contributed by atoms with Crippen molar-refractivity contribution >= 4 is 12.0 Å². The first-order valence-corrected chi connectivity index (χ1v) is 8.44. The molecule has 3 rings (SSSR count). The van der Waals surface area contributed by atoms with Gasteiger partial charge in [0.15, 0.2) is 0 Å². The van der Waals surface area contributed by atoms with E-state index in [0.717, 1.165) is 16.7 Å². The normalized spacial score (nSPS) is 16.6. The Morgan fingerprint density at radius 1 is 1.20 bits per heavy atom. The highest BCUT2D eigenvalue weighted by Crippen LogP contribution is 2.25. The molecular weight excluding hydrogens is 316 g/mol. The van der Waals surface area contributed by atoms with Gasteiger partial charge >= 0.3 is 6.09 Å². The van der Waals surface area contributed by atoms with Crippen LogP contribution in [0.1, 0.15) is 22.8 Å². The second-order valence-electron chi connectivity index (χ2n) is 6.24. The Morgan fingerprint density at radius 3 is 2.76 bits per heavy atom. The quantitative estimate of drug-likeness (QED) is 0.881. The van der Waals surface area contributed by atoms with E-state index in [9.17, 15) is 9.59 Å². The molecule has 130 valence electrons. The molecular formula is C20H22N2O3. The van der Waals surface area contributed by atoms with E-state index in [2.05, 4.69) is 5.32 Å². The van der Waals surface area contributed by atoms with Crippen LogP contribution in [0.25, 0.3) is 0 Å². The maximum atomic E-state index is 12.0. The molecule has 0 spiro atoms. The third-order valence-electron chi connectivity index (χ3n) is 4.21. The number of ether oxygens (including phenoxy) is 1. The SMILES string of the molecule is Cc1cccc(CC(=O)NCCN2CC(c3ccccc3)OC2=O)c1. The Balaban J connectivity index is 1.44. The number of benzene rings is 2. The molecule has 1 saturated heterocycles. The number of amides is 2. The first-order valence-electron chi connectivity index (χ1n) is 8.44. The van der Waals surface area contributed by atoms with Gasteiger partial charge in [0, 0.05) is 13.1 Å². The molecule has 1 aliphatic rings. The van der Waals surface area contributed by atoms with Gasteiger partial charge in [-0.1, -0.05) is 60.2 Å². The zero-order chi connectivity index (χ0) is 17.6. The van der Waals surface area contributed by atoms with Gasteiger partial charge in [-0.05, 0) is 18.1 Å². The van der Waals surface area contributed by atoms with Gasteiger partial charge in [-0.2, -0.15) is 0 Å². The first kappa shape index (κ1) is 17.0. The predicted octanol–water partition coefficient (Wildman–Crippen LogP) is 2.85. The Hall–Kier alpha value is -2.82. The smallest absolute Gasteiger partial charge is 0.410 e. The Bertz CT molecular complexity index is 746. The van der Waals surface area contributed by atoms with Crippen molar-refractivity contribution in [1.29, 1.82) is 0 Å². The van der Waals surface area contributed by atoms with Crippen LogP contribution in [0.2, 0.25) is 0 Å². The molecule has 1 N–H and O–H groups in total. The lowest BCUT2D eigenvalue weighted by atomic mass is 10.1. The summed E-state index contributed by atoms with van der Waals surface area (Å²) in [5, 5.41) is 2.86. The third-order valence-corrected chi connectivity index (χ3v) is 4.21. The summed E-state index contributed by atoms with van der Waals surface area (Å²) in [7, 11) is 0. The predicted molar refractivity (Wildman–Crippen MR) is 95.1 cm³/mol. The van der Waals surface area contributed by atoms with E-state index in [1.54, 1.807) is 4.90 Å². The monoisotopic (exact) mass is 338 g/mol. The van der Waals surface area contributed by atoms with Crippen LogP contribution >= 0.6 is 0 Å². The van der Waals surface area contributed by atoms with E-state index >= 15 is 0 Å². The molecule has 25 heavy (non-hydrogen) atoms. The van der Waals surface area contributed by atoms with Crippen LogP contribution in [-0.4, -0.2) is 36.5 Å². The van der Waals surface area contributed by atoms with E-state index in [1.165, 1.54) is 0 Å². The standard InChI is InChI=1S/C20H22N2O3/c1-15-6-5-7-16(12-15)13-19(23)21-10-11-22-14-18(25-20(22)24)17-8-3-2-4-9-17/h2-9,12,18H,10-11,13-14H2,1H3,(H,21,23). The van der Waals surface area contributed by atoms with E-state index in [4.69, 9.17) is 4.74 Å². The summed E-state index contributed by atoms with van der Waals surface area (Å²) >= 11 is 0. The molecule has 1 heterocycles. The van der Waals surface area contributed by atoms with Gasteiger partial charge in [-0.25, -0.2) is 4.79 Å². The van der Waals surface area contributed by atoms with Crippen molar-refractivity contribution in [3.05, 3.63) is 71.3 Å². The summed E-state index contributed by atoms with van der Waals surface area (Å²) < 4.78 is 5.40. The Morgan fingerprint density at radius 2 is 2.00 bits per heavy atom. The molecule has 5 nitrogen and oxygen atoms in total. The van der Waals surface area contributed by atoms with Crippen molar-refractivity contribution in [1.82, 2.24) is 10.2 Å². The molecule has 0 bridgehead atoms. The number of rotatable bonds is 6. The topological polar surface area (TPSA) is 58.6 Å². The van der Waals surface area contributed by atoms with Gasteiger partial charge in [0.2, 0.25) is 5.91 Å². The van der Waals surface area contributed by atoms with Crippen LogP contribution in [-0.2, 0) is 16.0 Å². The minimum absolute atomic E-state index is 0.0437. The van der Waals surface area contributed by atoms with E-state index in [0.29, 0.717) is 26.1 Å². The van der Waals surface area contributed by atoms with Crippen molar-refractivity contribution in [3.8, 4) is 0 Å². The van der Waals surface area contributed by atoms with Crippen LogP contribution in [0, 0.1) is 6.92 Å². The van der Waals surface area contributed by atoms with Gasteiger partial charge in [0.05, 0.1) is 13.0 Å². The number of carbonyl (C=O) groups excluding carboxylic acids is 2. The number of cyclic esters (lactones) is 1. The molecule has 1 fully saturated rings. The summed E-state index contributed by atoms with van der Waals surface area (Å²) in [5.41, 5.74) is 3.11. The van der Waals surface area contributed by atoms with Crippen molar-refractivity contribution < 1.29 is 14.3 Å². The fraction of sp³-hybridized carbons (Fsp3) is 0.300. The van der Waals surface area contributed by atoms with Crippen LogP contribution in [0.5, 0.6) is 0 Å². The van der Waals surface area contributed by atoms with E-state index in [-0.39, 0.29) is 18.1 Å². The lowest BCUT2D eigenvalue weighted by Gasteiger charge is -2.13. The van der Waals surface area contributed by atoms with Crippen molar-refractivity contribution in [2.45, 2.75) is 19.4 Å². The Kier molecular flexibility index (Phi) is 5.33. The summed E-state index contributed by atoms with van der Waals surface area (Å²) in [4.78, 5) is 25.6. The average Bonchev–Trinajstić information content (AvgIpc) is 2.97. The van der Waals surface area contributed by atoms with Crippen LogP contribution in [0.15, 0.2) is 54.6 Å². The highest BCUT2D eigenvalue weighted by atomic mass is 16.6. The van der Waals surface area contributed by atoms with Crippen LogP contribution in [0.3, 0.4) is 0 Å². The first-order chi connectivity index (χ1) is 12.1. The Labute approximate surface area is 147 Å². The fourth-order valence-electron chi connectivity index (χ4n) is 2.93. The zero-order valence-corrected chi connectivity index (χ0v) is 14.3. The van der Waals surface area contributed by atoms with E-state index < -0.39 is 0 Å². The minimum atomic E-state index is -0.332. The third kappa shape index (κ3) is 4.59. The van der Waals surface area contributed by atoms with Crippen molar-refractivity contribution in [3.63, 3.8) is 0 Å². The molecule has 2 amide bonds. The molecule has 0 aromatic heterocycles. The summed E-state index contributed by atoms with van der Waals surface area (Å²) in [6, 6.07) is 17.6. The molecule has 0 radical (unpaired) electrons. The molecule has 1 aliphatic heterocycles. The van der Waals surface area contributed by atoms with Gasteiger partial charge in [0.25, 0.3) is 0 Å².